The molecule has 2 aromatic carbocycles. The molecule has 4 heteroatoms. The Labute approximate surface area is 166 Å². The van der Waals surface area contributed by atoms with Gasteiger partial charge in [-0.25, -0.2) is 4.79 Å². The average molecular weight is 375 g/mol. The van der Waals surface area contributed by atoms with Crippen molar-refractivity contribution in [1.29, 1.82) is 0 Å². The third-order valence-electron chi connectivity index (χ3n) is 5.82. The van der Waals surface area contributed by atoms with Crippen LogP contribution < -0.4 is 5.73 Å². The molecule has 0 spiro atoms. The molecule has 0 saturated carbocycles. The summed E-state index contributed by atoms with van der Waals surface area (Å²) in [6.07, 6.45) is 6.68. The number of amidine groups is 1. The van der Waals surface area contributed by atoms with E-state index in [1.54, 1.807) is 0 Å². The zero-order valence-corrected chi connectivity index (χ0v) is 16.5. The lowest BCUT2D eigenvalue weighted by molar-refractivity contribution is -0.311. The van der Waals surface area contributed by atoms with Crippen LogP contribution in [0.4, 0.5) is 0 Å². The lowest BCUT2D eigenvalue weighted by atomic mass is 9.91. The van der Waals surface area contributed by atoms with Gasteiger partial charge in [-0.2, -0.15) is 0 Å². The third-order valence-corrected chi connectivity index (χ3v) is 5.82. The van der Waals surface area contributed by atoms with Crippen molar-refractivity contribution < 1.29 is 10.5 Å². The number of allylic oxidation sites excluding steroid dienone is 1. The summed E-state index contributed by atoms with van der Waals surface area (Å²) in [6, 6.07) is 17.0. The SMILES string of the molecule is Cc1ccc2c(c1)CCN(C1=NC(c3ccccc3)CC(C([NH3+])=O)C/C=C/1)C2. The monoisotopic (exact) mass is 374 g/mol. The van der Waals surface area contributed by atoms with Gasteiger partial charge in [-0.1, -0.05) is 60.2 Å². The largest absolute Gasteiger partial charge is 0.352 e. The van der Waals surface area contributed by atoms with Crippen molar-refractivity contribution in [1.82, 2.24) is 4.90 Å². The first-order chi connectivity index (χ1) is 13.6. The molecule has 0 aromatic heterocycles. The maximum Gasteiger partial charge on any atom is 0.312 e. The Kier molecular flexibility index (Phi) is 5.40. The number of rotatable bonds is 2. The summed E-state index contributed by atoms with van der Waals surface area (Å²) >= 11 is 0. The molecule has 0 saturated heterocycles. The van der Waals surface area contributed by atoms with E-state index in [0.29, 0.717) is 6.42 Å². The van der Waals surface area contributed by atoms with E-state index < -0.39 is 0 Å². The van der Waals surface area contributed by atoms with Crippen LogP contribution in [0.1, 0.15) is 41.1 Å². The number of amides is 1. The molecule has 28 heavy (non-hydrogen) atoms. The number of carbonyl (C=O) groups excluding carboxylic acids is 1. The highest BCUT2D eigenvalue weighted by molar-refractivity contribution is 5.93. The minimum Gasteiger partial charge on any atom is -0.352 e. The highest BCUT2D eigenvalue weighted by Gasteiger charge is 2.27. The predicted octanol–water partition coefficient (Wildman–Crippen LogP) is 3.23. The molecule has 0 aliphatic carbocycles. The fourth-order valence-electron chi connectivity index (χ4n) is 4.17. The molecule has 144 valence electrons. The molecule has 4 rings (SSSR count). The smallest absolute Gasteiger partial charge is 0.312 e. The number of carbonyl (C=O) groups is 1. The van der Waals surface area contributed by atoms with Crippen molar-refractivity contribution in [2.24, 2.45) is 10.9 Å². The second-order valence-electron chi connectivity index (χ2n) is 7.89. The predicted molar refractivity (Wildman–Crippen MR) is 112 cm³/mol. The minimum absolute atomic E-state index is 0.00602. The van der Waals surface area contributed by atoms with E-state index in [1.165, 1.54) is 16.7 Å². The third kappa shape index (κ3) is 4.07. The van der Waals surface area contributed by atoms with Gasteiger partial charge in [0.25, 0.3) is 0 Å². The molecule has 2 aliphatic heterocycles. The van der Waals surface area contributed by atoms with E-state index in [0.717, 1.165) is 37.3 Å². The maximum absolute atomic E-state index is 12.0. The molecule has 1 amide bonds. The maximum atomic E-state index is 12.0. The van der Waals surface area contributed by atoms with Crippen LogP contribution in [0.2, 0.25) is 0 Å². The number of aryl methyl sites for hydroxylation is 1. The van der Waals surface area contributed by atoms with Gasteiger partial charge in [-0.15, -0.1) is 0 Å². The van der Waals surface area contributed by atoms with Crippen LogP contribution >= 0.6 is 0 Å². The molecule has 4 nitrogen and oxygen atoms in total. The Bertz CT molecular complexity index is 917. The van der Waals surface area contributed by atoms with Gasteiger partial charge in [-0.3, -0.25) is 10.7 Å². The van der Waals surface area contributed by atoms with E-state index >= 15 is 0 Å². The summed E-state index contributed by atoms with van der Waals surface area (Å²) in [5, 5.41) is 0. The molecule has 2 heterocycles. The Morgan fingerprint density at radius 3 is 2.75 bits per heavy atom. The minimum atomic E-state index is -0.0724. The lowest BCUT2D eigenvalue weighted by Crippen LogP contribution is -2.60. The molecular weight excluding hydrogens is 346 g/mol. The Morgan fingerprint density at radius 1 is 1.14 bits per heavy atom. The fourth-order valence-corrected chi connectivity index (χ4v) is 4.17. The van der Waals surface area contributed by atoms with Gasteiger partial charge in [-0.05, 0) is 49.0 Å². The highest BCUT2D eigenvalue weighted by atomic mass is 16.1. The molecule has 3 N–H and O–H groups in total. The first kappa shape index (κ1) is 18.6. The van der Waals surface area contributed by atoms with Gasteiger partial charge in [0.05, 0.1) is 12.0 Å². The van der Waals surface area contributed by atoms with Crippen molar-refractivity contribution in [3.63, 3.8) is 0 Å². The molecule has 2 aliphatic rings. The van der Waals surface area contributed by atoms with Crippen molar-refractivity contribution in [2.75, 3.05) is 6.54 Å². The number of hydrogen-bond donors (Lipinski definition) is 1. The zero-order chi connectivity index (χ0) is 19.5. The fraction of sp³-hybridized carbons (Fsp3) is 0.333. The van der Waals surface area contributed by atoms with Gasteiger partial charge in [0.1, 0.15) is 5.84 Å². The first-order valence-electron chi connectivity index (χ1n) is 10.1. The van der Waals surface area contributed by atoms with Gasteiger partial charge >= 0.3 is 5.91 Å². The highest BCUT2D eigenvalue weighted by Crippen LogP contribution is 2.30. The van der Waals surface area contributed by atoms with E-state index in [9.17, 15) is 4.79 Å². The van der Waals surface area contributed by atoms with Crippen LogP contribution in [0.15, 0.2) is 65.7 Å². The summed E-state index contributed by atoms with van der Waals surface area (Å²) in [7, 11) is 0. The van der Waals surface area contributed by atoms with Crippen LogP contribution in [0.3, 0.4) is 0 Å². The normalized spacial score (nSPS) is 23.2. The first-order valence-corrected chi connectivity index (χ1v) is 10.1. The molecular formula is C24H28N3O+. The van der Waals surface area contributed by atoms with Gasteiger partial charge < -0.3 is 4.90 Å². The number of fused-ring (bicyclic) bond motifs is 1. The summed E-state index contributed by atoms with van der Waals surface area (Å²) in [6.45, 7) is 4.01. The van der Waals surface area contributed by atoms with Crippen molar-refractivity contribution in [3.8, 4) is 0 Å². The van der Waals surface area contributed by atoms with Crippen molar-refractivity contribution in [3.05, 3.63) is 82.9 Å². The van der Waals surface area contributed by atoms with Gasteiger partial charge in [0.15, 0.2) is 0 Å². The van der Waals surface area contributed by atoms with E-state index in [4.69, 9.17) is 4.99 Å². The standard InChI is InChI=1S/C24H27N3O/c1-17-10-11-21-16-27(13-12-19(21)14-17)23-9-5-8-20(24(25)28)15-22(26-23)18-6-3-2-4-7-18/h2-7,9-11,14,20,22H,8,12-13,15-16H2,1H3,(H2,25,28)/p+1/b9-5+,26-23?. The second-order valence-corrected chi connectivity index (χ2v) is 7.89. The zero-order valence-electron chi connectivity index (χ0n) is 16.5. The van der Waals surface area contributed by atoms with Crippen LogP contribution in [-0.2, 0) is 17.8 Å². The van der Waals surface area contributed by atoms with E-state index in [1.807, 2.05) is 18.2 Å². The molecule has 0 radical (unpaired) electrons. The second kappa shape index (κ2) is 8.11. The topological polar surface area (TPSA) is 60.3 Å². The van der Waals surface area contributed by atoms with Gasteiger partial charge in [0, 0.05) is 13.1 Å². The molecule has 0 fully saturated rings. The summed E-state index contributed by atoms with van der Waals surface area (Å²) in [4.78, 5) is 19.5. The van der Waals surface area contributed by atoms with Crippen molar-refractivity contribution in [2.45, 2.75) is 38.8 Å². The average Bonchev–Trinajstić information content (AvgIpc) is 2.68. The number of quaternary nitrogens is 1. The lowest BCUT2D eigenvalue weighted by Gasteiger charge is -2.32. The Balaban J connectivity index is 1.64. The Hall–Kier alpha value is -2.72. The number of hydrogen-bond acceptors (Lipinski definition) is 3. The molecule has 2 atom stereocenters. The Morgan fingerprint density at radius 2 is 1.96 bits per heavy atom. The van der Waals surface area contributed by atoms with Crippen LogP contribution in [0, 0.1) is 12.8 Å². The van der Waals surface area contributed by atoms with E-state index in [2.05, 4.69) is 60.0 Å². The van der Waals surface area contributed by atoms with E-state index in [-0.39, 0.29) is 17.9 Å². The molecule has 2 unspecified atom stereocenters. The summed E-state index contributed by atoms with van der Waals surface area (Å²) < 4.78 is 0. The van der Waals surface area contributed by atoms with Crippen LogP contribution in [0.25, 0.3) is 0 Å². The molecule has 2 aromatic rings. The molecule has 0 bridgehead atoms. The summed E-state index contributed by atoms with van der Waals surface area (Å²) in [5.74, 6) is 0.957. The number of benzene rings is 2. The van der Waals surface area contributed by atoms with Crippen LogP contribution in [-0.4, -0.2) is 23.2 Å². The van der Waals surface area contributed by atoms with Crippen LogP contribution in [0.5, 0.6) is 0 Å². The number of nitrogens with zero attached hydrogens (tertiary/aromatic N) is 2. The summed E-state index contributed by atoms with van der Waals surface area (Å²) in [5.41, 5.74) is 9.00. The number of aliphatic imine (C=N–C) groups is 1. The quantitative estimate of drug-likeness (QED) is 0.877. The van der Waals surface area contributed by atoms with Crippen molar-refractivity contribution >= 4 is 11.7 Å². The van der Waals surface area contributed by atoms with Gasteiger partial charge in [0.2, 0.25) is 0 Å².